The van der Waals surface area contributed by atoms with Crippen molar-refractivity contribution in [2.24, 2.45) is 0 Å². The molecule has 4 heteroatoms. The fourth-order valence-electron chi connectivity index (χ4n) is 0.560. The van der Waals surface area contributed by atoms with Gasteiger partial charge in [-0.1, -0.05) is 6.58 Å². The molecule has 0 heterocycles. The van der Waals surface area contributed by atoms with Crippen molar-refractivity contribution in [3.8, 4) is 0 Å². The Morgan fingerprint density at radius 1 is 1.18 bits per heavy atom. The molecule has 11 heavy (non-hydrogen) atoms. The maximum absolute atomic E-state index is 10.1. The van der Waals surface area contributed by atoms with Crippen molar-refractivity contribution in [2.75, 3.05) is 0 Å². The van der Waals surface area contributed by atoms with Gasteiger partial charge in [0.05, 0.1) is 0 Å². The van der Waals surface area contributed by atoms with E-state index in [1.54, 1.807) is 0 Å². The molecule has 62 valence electrons. The van der Waals surface area contributed by atoms with Crippen LogP contribution in [-0.4, -0.2) is 22.2 Å². The van der Waals surface area contributed by atoms with Crippen LogP contribution in [0.4, 0.5) is 0 Å². The molecule has 0 rings (SSSR count). The molecule has 0 aromatic rings. The lowest BCUT2D eigenvalue weighted by molar-refractivity contribution is -0.137. The highest BCUT2D eigenvalue weighted by molar-refractivity contribution is 5.85. The highest BCUT2D eigenvalue weighted by Crippen LogP contribution is 2.04. The van der Waals surface area contributed by atoms with Crippen molar-refractivity contribution in [2.45, 2.75) is 19.3 Å². The average Bonchev–Trinajstić information content (AvgIpc) is 1.86. The van der Waals surface area contributed by atoms with Crippen LogP contribution in [0, 0.1) is 0 Å². The van der Waals surface area contributed by atoms with E-state index in [0.29, 0.717) is 6.42 Å². The summed E-state index contributed by atoms with van der Waals surface area (Å²) in [5, 5.41) is 16.5. The van der Waals surface area contributed by atoms with Crippen LogP contribution >= 0.6 is 0 Å². The average molecular weight is 158 g/mol. The van der Waals surface area contributed by atoms with E-state index in [9.17, 15) is 9.59 Å². The molecule has 0 radical (unpaired) electrons. The van der Waals surface area contributed by atoms with Crippen molar-refractivity contribution in [3.63, 3.8) is 0 Å². The first-order chi connectivity index (χ1) is 5.04. The van der Waals surface area contributed by atoms with E-state index in [0.717, 1.165) is 0 Å². The van der Waals surface area contributed by atoms with E-state index in [2.05, 4.69) is 6.58 Å². The minimum atomic E-state index is -1.06. The normalized spacial score (nSPS) is 9.09. The van der Waals surface area contributed by atoms with Crippen LogP contribution in [0.15, 0.2) is 12.2 Å². The molecule has 0 atom stereocenters. The molecule has 0 saturated heterocycles. The molecule has 4 nitrogen and oxygen atoms in total. The molecule has 0 aliphatic rings. The molecule has 2 N–H and O–H groups in total. The fraction of sp³-hybridized carbons (Fsp3) is 0.429. The Morgan fingerprint density at radius 2 is 1.73 bits per heavy atom. The van der Waals surface area contributed by atoms with Crippen molar-refractivity contribution in [1.82, 2.24) is 0 Å². The van der Waals surface area contributed by atoms with Gasteiger partial charge in [-0.2, -0.15) is 0 Å². The van der Waals surface area contributed by atoms with Crippen molar-refractivity contribution in [3.05, 3.63) is 12.2 Å². The monoisotopic (exact) mass is 158 g/mol. The Kier molecular flexibility index (Phi) is 3.95. The smallest absolute Gasteiger partial charge is 0.330 e. The van der Waals surface area contributed by atoms with Gasteiger partial charge in [0, 0.05) is 12.0 Å². The number of hydrogen-bond donors (Lipinski definition) is 2. The zero-order valence-electron chi connectivity index (χ0n) is 6.04. The summed E-state index contributed by atoms with van der Waals surface area (Å²) in [6.45, 7) is 3.26. The Labute approximate surface area is 64.2 Å². The minimum absolute atomic E-state index is 0.00764. The van der Waals surface area contributed by atoms with E-state index in [-0.39, 0.29) is 18.4 Å². The van der Waals surface area contributed by atoms with Gasteiger partial charge in [-0.3, -0.25) is 4.79 Å². The summed E-state index contributed by atoms with van der Waals surface area (Å²) in [6, 6.07) is 0. The first-order valence-corrected chi connectivity index (χ1v) is 3.17. The number of carboxylic acid groups (broad SMARTS) is 2. The lowest BCUT2D eigenvalue weighted by Gasteiger charge is -1.96. The lowest BCUT2D eigenvalue weighted by atomic mass is 10.1. The van der Waals surface area contributed by atoms with Crippen LogP contribution in [0.25, 0.3) is 0 Å². The van der Waals surface area contributed by atoms with Crippen LogP contribution in [0.1, 0.15) is 19.3 Å². The summed E-state index contributed by atoms with van der Waals surface area (Å²) in [5.41, 5.74) is 0.0613. The number of rotatable bonds is 5. The third-order valence-corrected chi connectivity index (χ3v) is 1.17. The van der Waals surface area contributed by atoms with Gasteiger partial charge < -0.3 is 10.2 Å². The molecule has 0 aromatic carbocycles. The van der Waals surface area contributed by atoms with Gasteiger partial charge in [0.1, 0.15) is 0 Å². The number of hydrogen-bond acceptors (Lipinski definition) is 2. The molecule has 0 aromatic heterocycles. The Bertz CT molecular complexity index is 183. The molecular formula is C7H10O4. The Hall–Kier alpha value is -1.32. The second-order valence-electron chi connectivity index (χ2n) is 2.16. The molecular weight excluding hydrogens is 148 g/mol. The summed E-state index contributed by atoms with van der Waals surface area (Å²) in [4.78, 5) is 20.1. The summed E-state index contributed by atoms with van der Waals surface area (Å²) in [7, 11) is 0. The molecule has 0 fully saturated rings. The zero-order chi connectivity index (χ0) is 8.85. The standard InChI is InChI=1S/C7H10O4/c1-5(7(10)11)3-2-4-6(8)9/h1-4H2,(H,8,9)(H,10,11). The van der Waals surface area contributed by atoms with Crippen LogP contribution < -0.4 is 0 Å². The van der Waals surface area contributed by atoms with Gasteiger partial charge in [0.2, 0.25) is 0 Å². The van der Waals surface area contributed by atoms with Gasteiger partial charge in [0.15, 0.2) is 0 Å². The van der Waals surface area contributed by atoms with E-state index < -0.39 is 11.9 Å². The maximum Gasteiger partial charge on any atom is 0.330 e. The molecule has 0 bridgehead atoms. The van der Waals surface area contributed by atoms with E-state index in [4.69, 9.17) is 10.2 Å². The third kappa shape index (κ3) is 5.14. The highest BCUT2D eigenvalue weighted by Gasteiger charge is 2.04. The predicted molar refractivity (Wildman–Crippen MR) is 38.3 cm³/mol. The van der Waals surface area contributed by atoms with Crippen LogP contribution in [-0.2, 0) is 9.59 Å². The second-order valence-corrected chi connectivity index (χ2v) is 2.16. The van der Waals surface area contributed by atoms with Gasteiger partial charge in [-0.05, 0) is 12.8 Å². The van der Waals surface area contributed by atoms with Gasteiger partial charge >= 0.3 is 11.9 Å². The van der Waals surface area contributed by atoms with Crippen molar-refractivity contribution in [1.29, 1.82) is 0 Å². The number of aliphatic carboxylic acids is 2. The summed E-state index contributed by atoms with van der Waals surface area (Å²) < 4.78 is 0. The van der Waals surface area contributed by atoms with Crippen LogP contribution in [0.3, 0.4) is 0 Å². The largest absolute Gasteiger partial charge is 0.481 e. The molecule has 0 unspecified atom stereocenters. The van der Waals surface area contributed by atoms with Gasteiger partial charge in [0.25, 0.3) is 0 Å². The van der Waals surface area contributed by atoms with E-state index >= 15 is 0 Å². The number of carboxylic acids is 2. The molecule has 0 aliphatic heterocycles. The lowest BCUT2D eigenvalue weighted by Crippen LogP contribution is -2.00. The van der Waals surface area contributed by atoms with Crippen molar-refractivity contribution < 1.29 is 19.8 Å². The van der Waals surface area contributed by atoms with Crippen molar-refractivity contribution >= 4 is 11.9 Å². The fourth-order valence-corrected chi connectivity index (χ4v) is 0.560. The zero-order valence-corrected chi connectivity index (χ0v) is 6.04. The van der Waals surface area contributed by atoms with E-state index in [1.165, 1.54) is 0 Å². The SMILES string of the molecule is C=C(CCCC(=O)O)C(=O)O. The first kappa shape index (κ1) is 9.68. The molecule has 0 spiro atoms. The van der Waals surface area contributed by atoms with Crippen LogP contribution in [0.5, 0.6) is 0 Å². The summed E-state index contributed by atoms with van der Waals surface area (Å²) in [5.74, 6) is -1.97. The van der Waals surface area contributed by atoms with Crippen LogP contribution in [0.2, 0.25) is 0 Å². The number of carbonyl (C=O) groups is 2. The topological polar surface area (TPSA) is 74.6 Å². The highest BCUT2D eigenvalue weighted by atomic mass is 16.4. The molecule has 0 amide bonds. The van der Waals surface area contributed by atoms with Gasteiger partial charge in [-0.25, -0.2) is 4.79 Å². The molecule has 0 saturated carbocycles. The quantitative estimate of drug-likeness (QED) is 0.582. The molecule has 0 aliphatic carbocycles. The van der Waals surface area contributed by atoms with E-state index in [1.807, 2.05) is 0 Å². The minimum Gasteiger partial charge on any atom is -0.481 e. The Morgan fingerprint density at radius 3 is 2.09 bits per heavy atom. The third-order valence-electron chi connectivity index (χ3n) is 1.17. The Balaban J connectivity index is 3.47. The second kappa shape index (κ2) is 4.49. The first-order valence-electron chi connectivity index (χ1n) is 3.17. The predicted octanol–water partition coefficient (Wildman–Crippen LogP) is 0.882. The van der Waals surface area contributed by atoms with Gasteiger partial charge in [-0.15, -0.1) is 0 Å². The summed E-state index contributed by atoms with van der Waals surface area (Å²) in [6.07, 6.45) is 0.564. The summed E-state index contributed by atoms with van der Waals surface area (Å²) >= 11 is 0. The maximum atomic E-state index is 10.1.